The molecule has 0 radical (unpaired) electrons. The van der Waals surface area contributed by atoms with Gasteiger partial charge in [0.15, 0.2) is 0 Å². The van der Waals surface area contributed by atoms with Crippen molar-refractivity contribution >= 4 is 18.0 Å². The summed E-state index contributed by atoms with van der Waals surface area (Å²) < 4.78 is 32.2. The number of methoxy groups -OCH3 is 1. The summed E-state index contributed by atoms with van der Waals surface area (Å²) in [6, 6.07) is 17.2. The number of thioether (sulfide) groups is 1. The third-order valence-corrected chi connectivity index (χ3v) is 5.26. The van der Waals surface area contributed by atoms with E-state index >= 15 is 0 Å². The van der Waals surface area contributed by atoms with Crippen molar-refractivity contribution < 1.29 is 18.3 Å². The van der Waals surface area contributed by atoms with Gasteiger partial charge in [0.05, 0.1) is 12.7 Å². The van der Waals surface area contributed by atoms with Crippen molar-refractivity contribution in [3.63, 3.8) is 0 Å². The van der Waals surface area contributed by atoms with Crippen LogP contribution in [-0.4, -0.2) is 18.4 Å². The molecular weight excluding hydrogens is 394 g/mol. The van der Waals surface area contributed by atoms with Crippen LogP contribution >= 0.6 is 11.8 Å². The van der Waals surface area contributed by atoms with E-state index < -0.39 is 6.43 Å². The van der Waals surface area contributed by atoms with Gasteiger partial charge in [-0.25, -0.2) is 13.8 Å². The van der Waals surface area contributed by atoms with Gasteiger partial charge in [0, 0.05) is 22.4 Å². The van der Waals surface area contributed by atoms with Crippen molar-refractivity contribution in [1.29, 1.82) is 5.26 Å². The van der Waals surface area contributed by atoms with Crippen LogP contribution in [0.25, 0.3) is 11.1 Å². The largest absolute Gasteiger partial charge is 0.496 e. The fraction of sp³-hybridized carbons (Fsp3) is 0.136. The first-order valence-electron chi connectivity index (χ1n) is 8.61. The Bertz CT molecular complexity index is 1070. The van der Waals surface area contributed by atoms with Crippen LogP contribution in [0.5, 0.6) is 5.75 Å². The zero-order chi connectivity index (χ0) is 20.8. The van der Waals surface area contributed by atoms with Crippen molar-refractivity contribution in [2.75, 3.05) is 7.11 Å². The van der Waals surface area contributed by atoms with Crippen molar-refractivity contribution in [3.05, 3.63) is 77.0 Å². The standard InChI is InChI=1S/C22H16F2N2O2S/c1-28-20-8-7-14(12-27)9-16(20)13-29-22-18(11-25)17(10-19(26-22)21(23)24)15-5-3-2-4-6-15/h2-10,12,21H,13H2,1H3. The van der Waals surface area contributed by atoms with E-state index in [2.05, 4.69) is 11.1 Å². The Hall–Kier alpha value is -3.24. The minimum absolute atomic E-state index is 0.211. The summed E-state index contributed by atoms with van der Waals surface area (Å²) >= 11 is 1.15. The second-order valence-corrected chi connectivity index (χ2v) is 7.00. The molecule has 0 atom stereocenters. The van der Waals surface area contributed by atoms with E-state index in [9.17, 15) is 18.8 Å². The predicted molar refractivity (Wildman–Crippen MR) is 107 cm³/mol. The molecule has 0 amide bonds. The number of rotatable bonds is 7. The molecule has 0 saturated heterocycles. The first-order valence-corrected chi connectivity index (χ1v) is 9.59. The SMILES string of the molecule is COc1ccc(C=O)cc1CSc1nc(C(F)F)cc(-c2ccccc2)c1C#N. The number of pyridine rings is 1. The number of carbonyl (C=O) groups excluding carboxylic acids is 1. The molecule has 0 spiro atoms. The van der Waals surface area contributed by atoms with Gasteiger partial charge in [0.2, 0.25) is 0 Å². The molecule has 0 N–H and O–H groups in total. The summed E-state index contributed by atoms with van der Waals surface area (Å²) in [5.74, 6) is 0.864. The van der Waals surface area contributed by atoms with Crippen LogP contribution in [-0.2, 0) is 5.75 Å². The molecule has 146 valence electrons. The lowest BCUT2D eigenvalue weighted by Crippen LogP contribution is -2.00. The molecule has 3 rings (SSSR count). The van der Waals surface area contributed by atoms with Crippen LogP contribution in [0.3, 0.4) is 0 Å². The van der Waals surface area contributed by atoms with E-state index in [1.165, 1.54) is 13.2 Å². The van der Waals surface area contributed by atoms with Crippen LogP contribution in [0.2, 0.25) is 0 Å². The number of benzene rings is 2. The lowest BCUT2D eigenvalue weighted by atomic mass is 10.0. The Labute approximate surface area is 171 Å². The molecule has 0 aliphatic heterocycles. The third-order valence-electron chi connectivity index (χ3n) is 4.23. The minimum Gasteiger partial charge on any atom is -0.496 e. The molecule has 0 saturated carbocycles. The maximum absolute atomic E-state index is 13.4. The molecule has 4 nitrogen and oxygen atoms in total. The second-order valence-electron chi connectivity index (χ2n) is 6.03. The number of aldehydes is 1. The summed E-state index contributed by atoms with van der Waals surface area (Å²) in [4.78, 5) is 15.1. The highest BCUT2D eigenvalue weighted by Gasteiger charge is 2.19. The van der Waals surface area contributed by atoms with E-state index in [4.69, 9.17) is 4.74 Å². The number of aromatic nitrogens is 1. The highest BCUT2D eigenvalue weighted by atomic mass is 32.2. The molecule has 29 heavy (non-hydrogen) atoms. The Kier molecular flexibility index (Phi) is 6.57. The van der Waals surface area contributed by atoms with Gasteiger partial charge in [-0.05, 0) is 29.8 Å². The van der Waals surface area contributed by atoms with Gasteiger partial charge < -0.3 is 4.74 Å². The monoisotopic (exact) mass is 410 g/mol. The molecule has 0 fully saturated rings. The van der Waals surface area contributed by atoms with Crippen LogP contribution in [0.1, 0.15) is 33.6 Å². The van der Waals surface area contributed by atoms with E-state index in [1.54, 1.807) is 42.5 Å². The lowest BCUT2D eigenvalue weighted by molar-refractivity contribution is 0.112. The van der Waals surface area contributed by atoms with Gasteiger partial charge in [0.1, 0.15) is 28.8 Å². The zero-order valence-corrected chi connectivity index (χ0v) is 16.2. The number of ether oxygens (including phenoxy) is 1. The van der Waals surface area contributed by atoms with Crippen LogP contribution < -0.4 is 4.74 Å². The van der Waals surface area contributed by atoms with Crippen molar-refractivity contribution in [1.82, 2.24) is 4.98 Å². The molecule has 0 bridgehead atoms. The van der Waals surface area contributed by atoms with Gasteiger partial charge in [-0.3, -0.25) is 4.79 Å². The lowest BCUT2D eigenvalue weighted by Gasteiger charge is -2.13. The van der Waals surface area contributed by atoms with E-state index in [1.807, 2.05) is 6.07 Å². The molecular formula is C22H16F2N2O2S. The van der Waals surface area contributed by atoms with Gasteiger partial charge in [-0.2, -0.15) is 5.26 Å². The maximum Gasteiger partial charge on any atom is 0.280 e. The van der Waals surface area contributed by atoms with Crippen LogP contribution in [0.15, 0.2) is 59.6 Å². The average Bonchev–Trinajstić information content (AvgIpc) is 2.77. The Balaban J connectivity index is 2.04. The van der Waals surface area contributed by atoms with Crippen molar-refractivity contribution in [2.45, 2.75) is 17.2 Å². The number of alkyl halides is 2. The van der Waals surface area contributed by atoms with E-state index in [-0.39, 0.29) is 16.3 Å². The summed E-state index contributed by atoms with van der Waals surface area (Å²) in [5, 5.41) is 9.92. The fourth-order valence-electron chi connectivity index (χ4n) is 2.84. The minimum atomic E-state index is -2.77. The topological polar surface area (TPSA) is 63.0 Å². The zero-order valence-electron chi connectivity index (χ0n) is 15.4. The quantitative estimate of drug-likeness (QED) is 0.371. The van der Waals surface area contributed by atoms with Gasteiger partial charge in [-0.1, -0.05) is 30.3 Å². The normalized spacial score (nSPS) is 10.6. The van der Waals surface area contributed by atoms with Crippen LogP contribution in [0.4, 0.5) is 8.78 Å². The van der Waals surface area contributed by atoms with Crippen molar-refractivity contribution in [3.8, 4) is 22.9 Å². The summed E-state index contributed by atoms with van der Waals surface area (Å²) in [5.41, 5.74) is 2.10. The highest BCUT2D eigenvalue weighted by molar-refractivity contribution is 7.98. The number of nitriles is 1. The number of carbonyl (C=O) groups is 1. The third kappa shape index (κ3) is 4.61. The molecule has 0 aliphatic rings. The predicted octanol–water partition coefficient (Wildman–Crippen LogP) is 5.67. The summed E-state index contributed by atoms with van der Waals surface area (Å²) in [6.07, 6.45) is -2.05. The van der Waals surface area contributed by atoms with E-state index in [0.29, 0.717) is 33.8 Å². The molecule has 0 aliphatic carbocycles. The average molecular weight is 410 g/mol. The molecule has 3 aromatic rings. The Morgan fingerprint density at radius 2 is 1.97 bits per heavy atom. The van der Waals surface area contributed by atoms with Crippen LogP contribution in [0, 0.1) is 11.3 Å². The molecule has 7 heteroatoms. The number of hydrogen-bond acceptors (Lipinski definition) is 5. The summed E-state index contributed by atoms with van der Waals surface area (Å²) in [6.45, 7) is 0. The second kappa shape index (κ2) is 9.30. The molecule has 1 aromatic heterocycles. The van der Waals surface area contributed by atoms with Gasteiger partial charge in [-0.15, -0.1) is 11.8 Å². The highest BCUT2D eigenvalue weighted by Crippen LogP contribution is 2.36. The fourth-order valence-corrected chi connectivity index (χ4v) is 3.83. The number of hydrogen-bond donors (Lipinski definition) is 0. The number of nitrogens with zero attached hydrogens (tertiary/aromatic N) is 2. The van der Waals surface area contributed by atoms with E-state index in [0.717, 1.165) is 18.0 Å². The summed E-state index contributed by atoms with van der Waals surface area (Å²) in [7, 11) is 1.51. The first-order chi connectivity index (χ1) is 14.1. The molecule has 1 heterocycles. The van der Waals surface area contributed by atoms with Crippen molar-refractivity contribution in [2.24, 2.45) is 0 Å². The first kappa shape index (κ1) is 20.5. The maximum atomic E-state index is 13.4. The van der Waals surface area contributed by atoms with Gasteiger partial charge in [0.25, 0.3) is 6.43 Å². The molecule has 2 aromatic carbocycles. The van der Waals surface area contributed by atoms with Gasteiger partial charge >= 0.3 is 0 Å². The Morgan fingerprint density at radius 1 is 1.21 bits per heavy atom. The Morgan fingerprint density at radius 3 is 2.59 bits per heavy atom. The smallest absolute Gasteiger partial charge is 0.280 e. The molecule has 0 unspecified atom stereocenters. The number of halogens is 2.